The molecular weight excluding hydrogens is 1120 g/mol. The van der Waals surface area contributed by atoms with Crippen LogP contribution in [0, 0.1) is 0 Å². The number of rotatable bonds is 82. The average Bonchev–Trinajstić information content (AvgIpc) is 3.56. The van der Waals surface area contributed by atoms with E-state index in [0.717, 1.165) is 78.2 Å². The molecule has 0 aliphatic heterocycles. The maximum atomic E-state index is 6.66. The van der Waals surface area contributed by atoms with Crippen LogP contribution in [0.15, 0.2) is 24.3 Å². The number of hydrogen-bond donors (Lipinski definition) is 0. The molecule has 0 aliphatic rings. The van der Waals surface area contributed by atoms with Crippen molar-refractivity contribution < 1.29 is 33.2 Å². The van der Waals surface area contributed by atoms with Gasteiger partial charge in [0.2, 0.25) is 0 Å². The summed E-state index contributed by atoms with van der Waals surface area (Å²) >= 11 is 0. The van der Waals surface area contributed by atoms with E-state index in [9.17, 15) is 0 Å². The molecule has 2 atom stereocenters. The van der Waals surface area contributed by atoms with Gasteiger partial charge in [-0.2, -0.15) is 0 Å². The summed E-state index contributed by atoms with van der Waals surface area (Å²) in [5, 5.41) is 0. The van der Waals surface area contributed by atoms with E-state index in [-0.39, 0.29) is 25.2 Å². The van der Waals surface area contributed by atoms with Crippen molar-refractivity contribution in [1.82, 2.24) is 0 Å². The first-order valence-corrected chi connectivity index (χ1v) is 41.8. The van der Waals surface area contributed by atoms with Crippen molar-refractivity contribution in [2.75, 3.05) is 39.6 Å². The van der Waals surface area contributed by atoms with E-state index < -0.39 is 0 Å². The third-order valence-electron chi connectivity index (χ3n) is 18.7. The molecule has 0 aliphatic carbocycles. The lowest BCUT2D eigenvalue weighted by Crippen LogP contribution is -2.25. The fourth-order valence-corrected chi connectivity index (χ4v) is 12.5. The first-order chi connectivity index (χ1) is 45.1. The quantitative estimate of drug-likeness (QED) is 0.0341. The smallest absolute Gasteiger partial charge is 0.180 e. The van der Waals surface area contributed by atoms with Crippen LogP contribution in [-0.2, 0) is 33.2 Å². The molecule has 7 heteroatoms. The van der Waals surface area contributed by atoms with E-state index in [1.807, 2.05) is 0 Å². The van der Waals surface area contributed by atoms with Gasteiger partial charge in [0.1, 0.15) is 0 Å². The van der Waals surface area contributed by atoms with E-state index in [1.165, 1.54) is 372 Å². The van der Waals surface area contributed by atoms with Crippen LogP contribution in [-0.4, -0.2) is 64.8 Å². The largest absolute Gasteiger partial charge is 0.353 e. The monoisotopic (exact) mass is 1290 g/mol. The molecule has 2 unspecified atom stereocenters. The Labute approximate surface area is 571 Å². The molecule has 0 aromatic heterocycles. The Bertz CT molecular complexity index is 1200. The van der Waals surface area contributed by atoms with Gasteiger partial charge in [-0.15, -0.1) is 0 Å². The van der Waals surface area contributed by atoms with Crippen LogP contribution in [0.1, 0.15) is 452 Å². The Morgan fingerprint density at radius 1 is 0.187 bits per heavy atom. The third kappa shape index (κ3) is 74.8. The van der Waals surface area contributed by atoms with E-state index in [4.69, 9.17) is 33.2 Å². The molecule has 0 spiro atoms. The zero-order valence-electron chi connectivity index (χ0n) is 63.0. The lowest BCUT2D eigenvalue weighted by atomic mass is 10.1. The molecule has 0 saturated heterocycles. The molecular formula is C84H166O7. The predicted molar refractivity (Wildman–Crippen MR) is 400 cm³/mol. The van der Waals surface area contributed by atoms with Gasteiger partial charge in [-0.05, 0) is 102 Å². The number of ether oxygens (including phenoxy) is 7. The SMILES string of the molecule is CCCCCCCCCCOC(CCCCCCCCCCCC=CC(OCCCCCCC)OC(C=CCCCCCCCCCCCC(OCCCCCCCCCC)OCCCCCCCCCC)OCCCCCCC)OCCCCCCCCCC. The van der Waals surface area contributed by atoms with Gasteiger partial charge in [-0.1, -0.05) is 375 Å². The molecule has 7 nitrogen and oxygen atoms in total. The molecule has 0 saturated carbocycles. The summed E-state index contributed by atoms with van der Waals surface area (Å²) in [6.07, 6.45) is 91.1. The van der Waals surface area contributed by atoms with Crippen LogP contribution in [0.3, 0.4) is 0 Å². The highest BCUT2D eigenvalue weighted by atomic mass is 16.8. The summed E-state index contributed by atoms with van der Waals surface area (Å²) < 4.78 is 45.1. The fraction of sp³-hybridized carbons (Fsp3) is 0.952. The second-order valence-corrected chi connectivity index (χ2v) is 28.1. The van der Waals surface area contributed by atoms with Crippen LogP contribution in [0.25, 0.3) is 0 Å². The summed E-state index contributed by atoms with van der Waals surface area (Å²) in [6, 6.07) is 0. The molecule has 0 rings (SSSR count). The highest BCUT2D eigenvalue weighted by Gasteiger charge is 2.15. The van der Waals surface area contributed by atoms with Gasteiger partial charge in [-0.25, -0.2) is 0 Å². The molecule has 0 radical (unpaired) electrons. The van der Waals surface area contributed by atoms with E-state index in [1.54, 1.807) is 0 Å². The van der Waals surface area contributed by atoms with Crippen molar-refractivity contribution in [2.24, 2.45) is 0 Å². The van der Waals surface area contributed by atoms with Crippen molar-refractivity contribution >= 4 is 0 Å². The minimum atomic E-state index is -0.378. The van der Waals surface area contributed by atoms with Gasteiger partial charge in [-0.3, -0.25) is 0 Å². The van der Waals surface area contributed by atoms with Gasteiger partial charge < -0.3 is 33.2 Å². The van der Waals surface area contributed by atoms with Crippen molar-refractivity contribution in [3.63, 3.8) is 0 Å². The van der Waals surface area contributed by atoms with E-state index in [0.29, 0.717) is 0 Å². The third-order valence-corrected chi connectivity index (χ3v) is 18.7. The van der Waals surface area contributed by atoms with Crippen LogP contribution in [0.2, 0.25) is 0 Å². The number of unbranched alkanes of at least 4 members (excludes halogenated alkanes) is 54. The lowest BCUT2D eigenvalue weighted by Gasteiger charge is -2.22. The van der Waals surface area contributed by atoms with Crippen LogP contribution in [0.5, 0.6) is 0 Å². The van der Waals surface area contributed by atoms with Crippen LogP contribution >= 0.6 is 0 Å². The van der Waals surface area contributed by atoms with Crippen molar-refractivity contribution in [1.29, 1.82) is 0 Å². The zero-order valence-corrected chi connectivity index (χ0v) is 63.0. The highest BCUT2D eigenvalue weighted by Crippen LogP contribution is 2.21. The van der Waals surface area contributed by atoms with Gasteiger partial charge in [0.25, 0.3) is 0 Å². The Kier molecular flexibility index (Phi) is 80.9. The second kappa shape index (κ2) is 81.6. The molecule has 0 heterocycles. The van der Waals surface area contributed by atoms with Crippen molar-refractivity contribution in [3.8, 4) is 0 Å². The molecule has 0 bridgehead atoms. The number of hydrogen-bond acceptors (Lipinski definition) is 7. The van der Waals surface area contributed by atoms with Gasteiger partial charge in [0.15, 0.2) is 25.2 Å². The Morgan fingerprint density at radius 2 is 0.363 bits per heavy atom. The molecule has 0 fully saturated rings. The Morgan fingerprint density at radius 3 is 0.582 bits per heavy atom. The lowest BCUT2D eigenvalue weighted by molar-refractivity contribution is -0.208. The van der Waals surface area contributed by atoms with Gasteiger partial charge >= 0.3 is 0 Å². The van der Waals surface area contributed by atoms with Crippen LogP contribution < -0.4 is 0 Å². The molecule has 91 heavy (non-hydrogen) atoms. The first kappa shape index (κ1) is 90.2. The molecule has 0 aromatic rings. The predicted octanol–water partition coefficient (Wildman–Crippen LogP) is 28.6. The highest BCUT2D eigenvalue weighted by molar-refractivity contribution is 4.90. The second-order valence-electron chi connectivity index (χ2n) is 28.1. The molecule has 0 amide bonds. The molecule has 0 N–H and O–H groups in total. The van der Waals surface area contributed by atoms with Gasteiger partial charge in [0, 0.05) is 26.4 Å². The minimum Gasteiger partial charge on any atom is -0.353 e. The maximum absolute atomic E-state index is 6.66. The molecule has 544 valence electrons. The van der Waals surface area contributed by atoms with Crippen molar-refractivity contribution in [2.45, 2.75) is 478 Å². The van der Waals surface area contributed by atoms with E-state index in [2.05, 4.69) is 65.8 Å². The van der Waals surface area contributed by atoms with Crippen LogP contribution in [0.4, 0.5) is 0 Å². The Balaban J connectivity index is 4.86. The summed E-state index contributed by atoms with van der Waals surface area (Å²) in [4.78, 5) is 0. The zero-order chi connectivity index (χ0) is 65.6. The normalized spacial score (nSPS) is 12.8. The van der Waals surface area contributed by atoms with Crippen molar-refractivity contribution in [3.05, 3.63) is 24.3 Å². The van der Waals surface area contributed by atoms with E-state index >= 15 is 0 Å². The summed E-state index contributed by atoms with van der Waals surface area (Å²) in [5.41, 5.74) is 0. The fourth-order valence-electron chi connectivity index (χ4n) is 12.5. The topological polar surface area (TPSA) is 64.6 Å². The van der Waals surface area contributed by atoms with Gasteiger partial charge in [0.05, 0.1) is 13.2 Å². The molecule has 0 aromatic carbocycles. The maximum Gasteiger partial charge on any atom is 0.180 e. The summed E-state index contributed by atoms with van der Waals surface area (Å²) in [6.45, 7) is 18.7. The minimum absolute atomic E-state index is 0.00848. The standard InChI is InChI=1S/C84H166O7/c1-7-13-19-25-29-47-57-67-75-85-81(86-76-68-58-48-30-26-20-14-8-2)71-61-51-43-39-35-33-37-41-45-53-63-73-83(89-79-65-55-23-17-11-5)91-84(90-80-66-56-24-18-12-6)74-64-54-46-42-38-34-36-40-44-52-62-72-82(87-77-69-59-49-31-27-21-15-9-3)88-78-70-60-50-32-28-22-16-10-4/h63-64,73-74,81-84H,7-62,65-72,75-80H2,1-6H3. The summed E-state index contributed by atoms with van der Waals surface area (Å²) in [5.74, 6) is 0. The average molecular weight is 1290 g/mol. The number of allylic oxidation sites excluding steroid dienone is 2. The first-order valence-electron chi connectivity index (χ1n) is 41.8. The summed E-state index contributed by atoms with van der Waals surface area (Å²) in [7, 11) is 0. The Hall–Kier alpha value is -0.800.